The van der Waals surface area contributed by atoms with Gasteiger partial charge in [-0.2, -0.15) is 0 Å². The van der Waals surface area contributed by atoms with Gasteiger partial charge in [0, 0.05) is 22.2 Å². The van der Waals surface area contributed by atoms with Crippen LogP contribution in [0.1, 0.15) is 24.2 Å². The molecular formula is C18H18BrN3O4S. The van der Waals surface area contributed by atoms with E-state index in [1.807, 2.05) is 13.8 Å². The maximum Gasteiger partial charge on any atom is 0.270 e. The first-order valence-electron chi connectivity index (χ1n) is 8.05. The quantitative estimate of drug-likeness (QED) is 0.380. The van der Waals surface area contributed by atoms with E-state index in [0.29, 0.717) is 34.0 Å². The van der Waals surface area contributed by atoms with Gasteiger partial charge in [-0.15, -0.1) is 0 Å². The van der Waals surface area contributed by atoms with Crippen molar-refractivity contribution in [3.05, 3.63) is 62.6 Å². The zero-order valence-electron chi connectivity index (χ0n) is 14.7. The Bertz CT molecular complexity index is 873. The van der Waals surface area contributed by atoms with Crippen molar-refractivity contribution in [2.45, 2.75) is 13.8 Å². The average Bonchev–Trinajstić information content (AvgIpc) is 2.61. The number of nitrogens with one attached hydrogen (secondary N) is 2. The second-order valence-corrected chi connectivity index (χ2v) is 7.32. The highest BCUT2D eigenvalue weighted by Gasteiger charge is 2.13. The number of amides is 1. The Morgan fingerprint density at radius 3 is 2.67 bits per heavy atom. The molecule has 1 amide bonds. The molecule has 2 aromatic rings. The second-order valence-electron chi connectivity index (χ2n) is 6.06. The summed E-state index contributed by atoms with van der Waals surface area (Å²) in [6.45, 7) is 4.63. The summed E-state index contributed by atoms with van der Waals surface area (Å²) < 4.78 is 6.07. The molecule has 2 N–H and O–H groups in total. The molecule has 0 saturated heterocycles. The summed E-state index contributed by atoms with van der Waals surface area (Å²) in [7, 11) is 0. The Labute approximate surface area is 170 Å². The lowest BCUT2D eigenvalue weighted by atomic mass is 10.2. The molecule has 0 unspecified atom stereocenters. The number of ether oxygens (including phenoxy) is 1. The molecule has 0 fully saturated rings. The van der Waals surface area contributed by atoms with Crippen molar-refractivity contribution in [3.63, 3.8) is 0 Å². The first kappa shape index (κ1) is 20.8. The van der Waals surface area contributed by atoms with Crippen molar-refractivity contribution in [1.82, 2.24) is 5.32 Å². The molecule has 142 valence electrons. The Morgan fingerprint density at radius 2 is 2.04 bits per heavy atom. The lowest BCUT2D eigenvalue weighted by Gasteiger charge is -2.12. The highest BCUT2D eigenvalue weighted by Crippen LogP contribution is 2.27. The zero-order valence-corrected chi connectivity index (χ0v) is 17.1. The number of nitrogens with zero attached hydrogens (tertiary/aromatic N) is 1. The molecule has 9 heteroatoms. The van der Waals surface area contributed by atoms with Crippen LogP contribution in [0.4, 0.5) is 11.4 Å². The molecule has 0 heterocycles. The van der Waals surface area contributed by atoms with Crippen molar-refractivity contribution >= 4 is 50.5 Å². The molecule has 2 aromatic carbocycles. The minimum absolute atomic E-state index is 0.0550. The van der Waals surface area contributed by atoms with E-state index in [1.54, 1.807) is 24.3 Å². The summed E-state index contributed by atoms with van der Waals surface area (Å²) >= 11 is 8.38. The fourth-order valence-corrected chi connectivity index (χ4v) is 2.71. The molecule has 0 aliphatic heterocycles. The number of thiocarbonyl (C=S) groups is 1. The predicted molar refractivity (Wildman–Crippen MR) is 111 cm³/mol. The number of halogens is 1. The number of carbonyl (C=O) groups is 1. The van der Waals surface area contributed by atoms with Crippen molar-refractivity contribution in [1.29, 1.82) is 0 Å². The summed E-state index contributed by atoms with van der Waals surface area (Å²) in [6, 6.07) is 11.0. The third kappa shape index (κ3) is 6.30. The largest absolute Gasteiger partial charge is 0.493 e. The van der Waals surface area contributed by atoms with Gasteiger partial charge in [-0.3, -0.25) is 20.2 Å². The zero-order chi connectivity index (χ0) is 20.0. The number of nitro benzene ring substituents is 1. The number of non-ortho nitro benzene ring substituents is 1. The number of carbonyl (C=O) groups excluding carboxylic acids is 1. The van der Waals surface area contributed by atoms with Crippen molar-refractivity contribution < 1.29 is 14.5 Å². The van der Waals surface area contributed by atoms with Gasteiger partial charge in [0.05, 0.1) is 17.2 Å². The normalized spacial score (nSPS) is 10.4. The van der Waals surface area contributed by atoms with Gasteiger partial charge in [-0.05, 0) is 58.3 Å². The number of rotatable bonds is 6. The molecule has 0 radical (unpaired) electrons. The van der Waals surface area contributed by atoms with Crippen molar-refractivity contribution in [3.8, 4) is 5.75 Å². The van der Waals surface area contributed by atoms with E-state index in [-0.39, 0.29) is 16.7 Å². The van der Waals surface area contributed by atoms with Crippen LogP contribution in [0.15, 0.2) is 46.9 Å². The predicted octanol–water partition coefficient (Wildman–Crippen LogP) is 4.52. The minimum Gasteiger partial charge on any atom is -0.493 e. The van der Waals surface area contributed by atoms with Crippen LogP contribution in [0, 0.1) is 16.0 Å². The highest BCUT2D eigenvalue weighted by atomic mass is 79.9. The second kappa shape index (κ2) is 9.43. The molecule has 0 aromatic heterocycles. The number of anilines is 1. The summed E-state index contributed by atoms with van der Waals surface area (Å²) in [4.78, 5) is 22.6. The van der Waals surface area contributed by atoms with Gasteiger partial charge in [0.1, 0.15) is 5.75 Å². The third-order valence-corrected chi connectivity index (χ3v) is 4.18. The Morgan fingerprint density at radius 1 is 1.30 bits per heavy atom. The maximum absolute atomic E-state index is 12.4. The maximum atomic E-state index is 12.4. The molecule has 7 nitrogen and oxygen atoms in total. The molecule has 0 aliphatic rings. The van der Waals surface area contributed by atoms with Crippen molar-refractivity contribution in [2.24, 2.45) is 5.92 Å². The van der Waals surface area contributed by atoms with Gasteiger partial charge in [0.25, 0.3) is 11.6 Å². The van der Waals surface area contributed by atoms with E-state index in [9.17, 15) is 14.9 Å². The van der Waals surface area contributed by atoms with Crippen LogP contribution < -0.4 is 15.4 Å². The standard InChI is InChI=1S/C18H18BrN3O4S/c1-11(2)10-26-14-5-3-4-12(8-14)17(23)21-18(27)20-16-7-6-13(22(24)25)9-15(16)19/h3-9,11H,10H2,1-2H3,(H2,20,21,23,27). The van der Waals surface area contributed by atoms with Gasteiger partial charge < -0.3 is 10.1 Å². The first-order chi connectivity index (χ1) is 12.8. The molecule has 0 spiro atoms. The Balaban J connectivity index is 2.00. The van der Waals surface area contributed by atoms with E-state index in [0.717, 1.165) is 0 Å². The number of benzene rings is 2. The Hall–Kier alpha value is -2.52. The number of hydrogen-bond donors (Lipinski definition) is 2. The van der Waals surface area contributed by atoms with Crippen LogP contribution in [-0.2, 0) is 0 Å². The summed E-state index contributed by atoms with van der Waals surface area (Å²) in [6.07, 6.45) is 0. The van der Waals surface area contributed by atoms with E-state index >= 15 is 0 Å². The van der Waals surface area contributed by atoms with E-state index in [4.69, 9.17) is 17.0 Å². The fourth-order valence-electron chi connectivity index (χ4n) is 2.04. The van der Waals surface area contributed by atoms with Crippen LogP contribution in [0.25, 0.3) is 0 Å². The van der Waals surface area contributed by atoms with Crippen LogP contribution in [-0.4, -0.2) is 22.5 Å². The summed E-state index contributed by atoms with van der Waals surface area (Å²) in [5, 5.41) is 16.2. The third-order valence-electron chi connectivity index (χ3n) is 3.32. The van der Waals surface area contributed by atoms with E-state index in [1.165, 1.54) is 18.2 Å². The van der Waals surface area contributed by atoms with Crippen LogP contribution in [0.2, 0.25) is 0 Å². The summed E-state index contributed by atoms with van der Waals surface area (Å²) in [5.74, 6) is 0.591. The topological polar surface area (TPSA) is 93.5 Å². The van der Waals surface area contributed by atoms with E-state index in [2.05, 4.69) is 26.6 Å². The lowest BCUT2D eigenvalue weighted by Crippen LogP contribution is -2.34. The van der Waals surface area contributed by atoms with Crippen molar-refractivity contribution in [2.75, 3.05) is 11.9 Å². The Kier molecular flexibility index (Phi) is 7.26. The summed E-state index contributed by atoms with van der Waals surface area (Å²) in [5.41, 5.74) is 0.851. The molecular weight excluding hydrogens is 434 g/mol. The number of nitro groups is 1. The highest BCUT2D eigenvalue weighted by molar-refractivity contribution is 9.10. The average molecular weight is 452 g/mol. The van der Waals surface area contributed by atoms with Gasteiger partial charge in [0.2, 0.25) is 0 Å². The molecule has 27 heavy (non-hydrogen) atoms. The van der Waals surface area contributed by atoms with Crippen LogP contribution >= 0.6 is 28.1 Å². The van der Waals surface area contributed by atoms with Crippen LogP contribution in [0.5, 0.6) is 5.75 Å². The SMILES string of the molecule is CC(C)COc1cccc(C(=O)NC(=S)Nc2ccc([N+](=O)[O-])cc2Br)c1. The lowest BCUT2D eigenvalue weighted by molar-refractivity contribution is -0.384. The first-order valence-corrected chi connectivity index (χ1v) is 9.25. The monoisotopic (exact) mass is 451 g/mol. The molecule has 0 aliphatic carbocycles. The van der Waals surface area contributed by atoms with Gasteiger partial charge in [-0.1, -0.05) is 19.9 Å². The van der Waals surface area contributed by atoms with Crippen LogP contribution in [0.3, 0.4) is 0 Å². The molecule has 0 saturated carbocycles. The van der Waals surface area contributed by atoms with Gasteiger partial charge in [0.15, 0.2) is 5.11 Å². The molecule has 0 atom stereocenters. The molecule has 2 rings (SSSR count). The fraction of sp³-hybridized carbons (Fsp3) is 0.222. The van der Waals surface area contributed by atoms with Gasteiger partial charge >= 0.3 is 0 Å². The molecule has 0 bridgehead atoms. The number of hydrogen-bond acceptors (Lipinski definition) is 5. The minimum atomic E-state index is -0.497. The smallest absolute Gasteiger partial charge is 0.270 e. The van der Waals surface area contributed by atoms with Gasteiger partial charge in [-0.25, -0.2) is 0 Å². The van der Waals surface area contributed by atoms with E-state index < -0.39 is 4.92 Å².